The van der Waals surface area contributed by atoms with Crippen LogP contribution in [0.4, 0.5) is 5.82 Å². The van der Waals surface area contributed by atoms with Gasteiger partial charge in [0.15, 0.2) is 0 Å². The van der Waals surface area contributed by atoms with Gasteiger partial charge in [-0.1, -0.05) is 54.6 Å². The van der Waals surface area contributed by atoms with Crippen molar-refractivity contribution in [3.63, 3.8) is 0 Å². The fourth-order valence-electron chi connectivity index (χ4n) is 4.71. The van der Waals surface area contributed by atoms with Crippen molar-refractivity contribution in [2.45, 2.75) is 51.2 Å². The summed E-state index contributed by atoms with van der Waals surface area (Å²) in [6.45, 7) is 3.90. The molecule has 194 valence electrons. The third-order valence-corrected chi connectivity index (χ3v) is 6.46. The lowest BCUT2D eigenvalue weighted by Gasteiger charge is -2.26. The minimum atomic E-state index is -0.661. The number of fused-ring (bicyclic) bond motifs is 1. The van der Waals surface area contributed by atoms with Crippen LogP contribution in [0.2, 0.25) is 0 Å². The van der Waals surface area contributed by atoms with E-state index in [0.717, 1.165) is 27.8 Å². The van der Waals surface area contributed by atoms with Gasteiger partial charge in [0.2, 0.25) is 11.7 Å². The number of benzene rings is 2. The Morgan fingerprint density at radius 1 is 1.11 bits per heavy atom. The highest BCUT2D eigenvalue weighted by Crippen LogP contribution is 2.31. The Morgan fingerprint density at radius 2 is 1.87 bits per heavy atom. The van der Waals surface area contributed by atoms with E-state index in [9.17, 15) is 9.59 Å². The van der Waals surface area contributed by atoms with Crippen LogP contribution in [0.3, 0.4) is 0 Å². The van der Waals surface area contributed by atoms with Crippen LogP contribution < -0.4 is 16.0 Å². The normalized spacial score (nSPS) is 15.6. The predicted octanol–water partition coefficient (Wildman–Crippen LogP) is 3.02. The molecule has 1 atom stereocenters. The van der Waals surface area contributed by atoms with Gasteiger partial charge in [0.25, 0.3) is 5.91 Å². The highest BCUT2D eigenvalue weighted by molar-refractivity contribution is 5.99. The molecule has 0 unspecified atom stereocenters. The zero-order chi connectivity index (χ0) is 26.7. The maximum absolute atomic E-state index is 13.7. The number of nitrogens with zero attached hydrogens (tertiary/aromatic N) is 5. The Bertz CT molecular complexity index is 1430. The number of rotatable bonds is 7. The van der Waals surface area contributed by atoms with Crippen molar-refractivity contribution in [3.8, 4) is 22.5 Å². The molecule has 0 saturated carbocycles. The summed E-state index contributed by atoms with van der Waals surface area (Å²) < 4.78 is 0. The highest BCUT2D eigenvalue weighted by atomic mass is 16.2. The van der Waals surface area contributed by atoms with E-state index in [1.54, 1.807) is 24.9 Å². The fourth-order valence-corrected chi connectivity index (χ4v) is 4.71. The molecule has 4 aromatic rings. The number of aryl methyl sites for hydroxylation is 1. The van der Waals surface area contributed by atoms with Gasteiger partial charge >= 0.3 is 0 Å². The average Bonchev–Trinajstić information content (AvgIpc) is 3.40. The maximum atomic E-state index is 13.7. The minimum absolute atomic E-state index is 0.134. The first-order valence-electron chi connectivity index (χ1n) is 12.5. The van der Waals surface area contributed by atoms with Crippen LogP contribution in [0.25, 0.3) is 22.5 Å². The van der Waals surface area contributed by atoms with Gasteiger partial charge < -0.3 is 11.1 Å². The maximum Gasteiger partial charge on any atom is 0.251 e. The number of carbonyl (C=O) groups is 2. The molecule has 1 aliphatic rings. The molecule has 2 aromatic heterocycles. The second kappa shape index (κ2) is 10.5. The molecule has 0 aliphatic carbocycles. The molecule has 3 heterocycles. The second-order valence-electron chi connectivity index (χ2n) is 10.2. The van der Waals surface area contributed by atoms with Crippen LogP contribution in [0.5, 0.6) is 0 Å². The van der Waals surface area contributed by atoms with Crippen LogP contribution in [0.15, 0.2) is 66.9 Å². The van der Waals surface area contributed by atoms with Crippen molar-refractivity contribution in [1.82, 2.24) is 30.9 Å². The molecule has 10 heteroatoms. The van der Waals surface area contributed by atoms with Gasteiger partial charge in [0.1, 0.15) is 11.9 Å². The summed E-state index contributed by atoms with van der Waals surface area (Å²) >= 11 is 0. The van der Waals surface area contributed by atoms with Crippen molar-refractivity contribution >= 4 is 17.6 Å². The molecule has 10 nitrogen and oxygen atoms in total. The number of carbonyl (C=O) groups excluding carboxylic acids is 2. The molecule has 2 aromatic carbocycles. The lowest BCUT2D eigenvalue weighted by atomic mass is 9.98. The molecule has 0 bridgehead atoms. The van der Waals surface area contributed by atoms with Gasteiger partial charge in [-0.3, -0.25) is 14.5 Å². The van der Waals surface area contributed by atoms with Crippen molar-refractivity contribution in [2.24, 2.45) is 5.73 Å². The quantitative estimate of drug-likeness (QED) is 0.347. The number of pyridine rings is 1. The molecular weight excluding hydrogens is 480 g/mol. The van der Waals surface area contributed by atoms with E-state index in [1.807, 2.05) is 60.7 Å². The van der Waals surface area contributed by atoms with Gasteiger partial charge in [-0.2, -0.15) is 5.21 Å². The average molecular weight is 511 g/mol. The molecule has 0 fully saturated rings. The number of aromatic nitrogens is 5. The number of H-pyrrole nitrogens is 1. The smallest absolute Gasteiger partial charge is 0.251 e. The number of hydrogen-bond donors (Lipinski definition) is 3. The number of anilines is 1. The Labute approximate surface area is 220 Å². The summed E-state index contributed by atoms with van der Waals surface area (Å²) in [4.78, 5) is 32.5. The number of aromatic amines is 1. The number of tetrazole rings is 1. The van der Waals surface area contributed by atoms with Crippen molar-refractivity contribution < 1.29 is 9.59 Å². The standard InChI is InChI=1S/C28H30N8O2/c1-28(2,29)16-24(37)31-23-14-13-20-6-5-15-30-26(20)36(27(23)38)17-18-9-11-19(12-10-18)21-7-3-4-8-22(21)25-32-34-35-33-25/h3-12,15,23H,13-14,16-17,29H2,1-2H3,(H,31,37)(H,32,33,34,35)/t23-/m1/s1. The molecular formula is C28H30N8O2. The Morgan fingerprint density at radius 3 is 2.58 bits per heavy atom. The second-order valence-corrected chi connectivity index (χ2v) is 10.2. The SMILES string of the molecule is CC(C)(N)CC(=O)N[C@@H]1CCc2cccnc2N(Cc2ccc(-c3ccccc3-c3nn[nH]n3)cc2)C1=O. The summed E-state index contributed by atoms with van der Waals surface area (Å²) in [6.07, 6.45) is 2.95. The van der Waals surface area contributed by atoms with Gasteiger partial charge in [0, 0.05) is 23.7 Å². The molecule has 2 amide bonds. The van der Waals surface area contributed by atoms with Crippen LogP contribution in [0, 0.1) is 0 Å². The van der Waals surface area contributed by atoms with Crippen molar-refractivity contribution in [3.05, 3.63) is 78.0 Å². The first-order chi connectivity index (χ1) is 18.3. The van der Waals surface area contributed by atoms with Crippen LogP contribution >= 0.6 is 0 Å². The topological polar surface area (TPSA) is 143 Å². The number of hydrogen-bond acceptors (Lipinski definition) is 7. The van der Waals surface area contributed by atoms with E-state index < -0.39 is 11.6 Å². The third kappa shape index (κ3) is 5.60. The molecule has 5 rings (SSSR count). The fraction of sp³-hybridized carbons (Fsp3) is 0.286. The molecule has 0 spiro atoms. The van der Waals surface area contributed by atoms with Crippen LogP contribution in [-0.4, -0.2) is 49.0 Å². The van der Waals surface area contributed by atoms with E-state index in [2.05, 4.69) is 30.9 Å². The van der Waals surface area contributed by atoms with E-state index in [1.165, 1.54) is 0 Å². The van der Waals surface area contributed by atoms with E-state index in [-0.39, 0.29) is 18.2 Å². The van der Waals surface area contributed by atoms with Gasteiger partial charge in [0.05, 0.1) is 6.54 Å². The summed E-state index contributed by atoms with van der Waals surface area (Å²) in [7, 11) is 0. The van der Waals surface area contributed by atoms with Crippen LogP contribution in [-0.2, 0) is 22.6 Å². The first-order valence-corrected chi connectivity index (χ1v) is 12.5. The number of nitrogens with two attached hydrogens (primary N) is 1. The monoisotopic (exact) mass is 510 g/mol. The van der Waals surface area contributed by atoms with Crippen molar-refractivity contribution in [1.29, 1.82) is 0 Å². The number of nitrogens with one attached hydrogen (secondary N) is 2. The lowest BCUT2D eigenvalue weighted by Crippen LogP contribution is -2.50. The predicted molar refractivity (Wildman–Crippen MR) is 144 cm³/mol. The Hall–Kier alpha value is -4.44. The third-order valence-electron chi connectivity index (χ3n) is 6.46. The Balaban J connectivity index is 1.40. The minimum Gasteiger partial charge on any atom is -0.344 e. The van der Waals surface area contributed by atoms with Gasteiger partial charge in [-0.15, -0.1) is 10.2 Å². The zero-order valence-corrected chi connectivity index (χ0v) is 21.4. The molecule has 38 heavy (non-hydrogen) atoms. The van der Waals surface area contributed by atoms with E-state index in [0.29, 0.717) is 31.0 Å². The highest BCUT2D eigenvalue weighted by Gasteiger charge is 2.33. The Kier molecular flexibility index (Phi) is 6.97. The van der Waals surface area contributed by atoms with E-state index in [4.69, 9.17) is 5.73 Å². The molecule has 1 aliphatic heterocycles. The van der Waals surface area contributed by atoms with Crippen LogP contribution in [0.1, 0.15) is 37.8 Å². The molecule has 0 saturated heterocycles. The molecule has 4 N–H and O–H groups in total. The summed E-state index contributed by atoms with van der Waals surface area (Å²) in [5, 5.41) is 17.3. The summed E-state index contributed by atoms with van der Waals surface area (Å²) in [5.74, 6) is 0.727. The van der Waals surface area contributed by atoms with Gasteiger partial charge in [-0.05, 0) is 60.2 Å². The number of amides is 2. The lowest BCUT2D eigenvalue weighted by molar-refractivity contribution is -0.128. The van der Waals surface area contributed by atoms with Gasteiger partial charge in [-0.25, -0.2) is 4.98 Å². The largest absolute Gasteiger partial charge is 0.344 e. The van der Waals surface area contributed by atoms with E-state index >= 15 is 0 Å². The summed E-state index contributed by atoms with van der Waals surface area (Å²) in [6, 6.07) is 19.1. The summed E-state index contributed by atoms with van der Waals surface area (Å²) in [5.41, 5.74) is 10.1. The first kappa shape index (κ1) is 25.2. The molecule has 0 radical (unpaired) electrons. The zero-order valence-electron chi connectivity index (χ0n) is 21.4. The van der Waals surface area contributed by atoms with Crippen molar-refractivity contribution in [2.75, 3.05) is 4.90 Å².